The molecule has 1 fully saturated rings. The Balaban J connectivity index is 1.83. The van der Waals surface area contributed by atoms with Gasteiger partial charge in [0.2, 0.25) is 5.91 Å². The van der Waals surface area contributed by atoms with Crippen LogP contribution in [0.1, 0.15) is 25.3 Å². The van der Waals surface area contributed by atoms with E-state index in [1.54, 1.807) is 0 Å². The molecular formula is C16H20ClNO2. The highest BCUT2D eigenvalue weighted by atomic mass is 35.5. The number of hydrogen-bond acceptors (Lipinski definition) is 2. The van der Waals surface area contributed by atoms with Gasteiger partial charge < -0.3 is 10.1 Å². The summed E-state index contributed by atoms with van der Waals surface area (Å²) < 4.78 is 5.37. The second-order valence-corrected chi connectivity index (χ2v) is 5.79. The fourth-order valence-electron chi connectivity index (χ4n) is 2.19. The molecule has 4 heteroatoms. The quantitative estimate of drug-likeness (QED) is 0.620. The summed E-state index contributed by atoms with van der Waals surface area (Å²) in [5, 5.41) is 3.64. The Morgan fingerprint density at radius 2 is 2.05 bits per heavy atom. The molecule has 0 aliphatic heterocycles. The molecule has 1 aliphatic carbocycles. The van der Waals surface area contributed by atoms with Gasteiger partial charge in [-0.1, -0.05) is 35.9 Å². The molecule has 108 valence electrons. The van der Waals surface area contributed by atoms with Crippen molar-refractivity contribution < 1.29 is 9.53 Å². The molecular weight excluding hydrogens is 274 g/mol. The summed E-state index contributed by atoms with van der Waals surface area (Å²) in [5.74, 6) is 0.0822. The van der Waals surface area contributed by atoms with Crippen LogP contribution >= 0.6 is 11.6 Å². The summed E-state index contributed by atoms with van der Waals surface area (Å²) in [4.78, 5) is 12.3. The SMILES string of the molecule is C=C(C)COCCNC(=O)C1(c2ccc(Cl)cc2)CC1. The minimum atomic E-state index is -0.348. The van der Waals surface area contributed by atoms with Crippen molar-refractivity contribution in [1.82, 2.24) is 5.32 Å². The van der Waals surface area contributed by atoms with E-state index in [1.807, 2.05) is 31.2 Å². The third-order valence-electron chi connectivity index (χ3n) is 3.46. The van der Waals surface area contributed by atoms with E-state index in [9.17, 15) is 4.79 Å². The summed E-state index contributed by atoms with van der Waals surface area (Å²) in [6, 6.07) is 7.54. The van der Waals surface area contributed by atoms with E-state index < -0.39 is 0 Å². The number of carbonyl (C=O) groups is 1. The van der Waals surface area contributed by atoms with Crippen LogP contribution in [0.2, 0.25) is 5.02 Å². The van der Waals surface area contributed by atoms with Gasteiger partial charge in [0.15, 0.2) is 0 Å². The van der Waals surface area contributed by atoms with Crippen LogP contribution in [0.5, 0.6) is 0 Å². The fourth-order valence-corrected chi connectivity index (χ4v) is 2.32. The summed E-state index contributed by atoms with van der Waals surface area (Å²) in [5.41, 5.74) is 1.68. The lowest BCUT2D eigenvalue weighted by Crippen LogP contribution is -2.36. The Labute approximate surface area is 125 Å². The molecule has 0 bridgehead atoms. The zero-order valence-electron chi connectivity index (χ0n) is 11.7. The predicted octanol–water partition coefficient (Wildman–Crippen LogP) is 3.08. The molecule has 1 saturated carbocycles. The van der Waals surface area contributed by atoms with Crippen molar-refractivity contribution in [3.8, 4) is 0 Å². The maximum Gasteiger partial charge on any atom is 0.230 e. The number of halogens is 1. The highest BCUT2D eigenvalue weighted by molar-refractivity contribution is 6.30. The van der Waals surface area contributed by atoms with E-state index in [4.69, 9.17) is 16.3 Å². The van der Waals surface area contributed by atoms with E-state index in [1.165, 1.54) is 0 Å². The lowest BCUT2D eigenvalue weighted by molar-refractivity contribution is -0.123. The molecule has 0 aromatic heterocycles. The molecule has 2 rings (SSSR count). The summed E-state index contributed by atoms with van der Waals surface area (Å²) >= 11 is 5.88. The first kappa shape index (κ1) is 15.1. The van der Waals surface area contributed by atoms with Gasteiger partial charge in [-0.15, -0.1) is 0 Å². The number of carbonyl (C=O) groups excluding carboxylic acids is 1. The average molecular weight is 294 g/mol. The van der Waals surface area contributed by atoms with Crippen LogP contribution in [0.25, 0.3) is 0 Å². The van der Waals surface area contributed by atoms with E-state index >= 15 is 0 Å². The molecule has 3 nitrogen and oxygen atoms in total. The lowest BCUT2D eigenvalue weighted by Gasteiger charge is -2.16. The van der Waals surface area contributed by atoms with Gasteiger partial charge in [-0.2, -0.15) is 0 Å². The summed E-state index contributed by atoms with van der Waals surface area (Å²) in [7, 11) is 0. The van der Waals surface area contributed by atoms with Gasteiger partial charge >= 0.3 is 0 Å². The number of hydrogen-bond donors (Lipinski definition) is 1. The first-order valence-electron chi connectivity index (χ1n) is 6.81. The van der Waals surface area contributed by atoms with Gasteiger partial charge in [-0.05, 0) is 37.5 Å². The number of rotatable bonds is 7. The van der Waals surface area contributed by atoms with Crippen LogP contribution in [0, 0.1) is 0 Å². The van der Waals surface area contributed by atoms with Crippen molar-refractivity contribution in [3.63, 3.8) is 0 Å². The topological polar surface area (TPSA) is 38.3 Å². The van der Waals surface area contributed by atoms with Crippen LogP contribution in [0.4, 0.5) is 0 Å². The Morgan fingerprint density at radius 3 is 2.60 bits per heavy atom. The minimum Gasteiger partial charge on any atom is -0.375 e. The fraction of sp³-hybridized carbons (Fsp3) is 0.438. The lowest BCUT2D eigenvalue weighted by atomic mass is 9.95. The normalized spacial score (nSPS) is 15.7. The third kappa shape index (κ3) is 3.62. The predicted molar refractivity (Wildman–Crippen MR) is 81.0 cm³/mol. The van der Waals surface area contributed by atoms with Crippen molar-refractivity contribution in [2.75, 3.05) is 19.8 Å². The van der Waals surface area contributed by atoms with Crippen molar-refractivity contribution in [1.29, 1.82) is 0 Å². The summed E-state index contributed by atoms with van der Waals surface area (Å²) in [6.45, 7) is 7.25. The monoisotopic (exact) mass is 293 g/mol. The van der Waals surface area contributed by atoms with Gasteiger partial charge in [-0.25, -0.2) is 0 Å². The van der Waals surface area contributed by atoms with Gasteiger partial charge in [0, 0.05) is 11.6 Å². The van der Waals surface area contributed by atoms with Gasteiger partial charge in [0.25, 0.3) is 0 Å². The number of amides is 1. The molecule has 0 radical (unpaired) electrons. The third-order valence-corrected chi connectivity index (χ3v) is 3.71. The highest BCUT2D eigenvalue weighted by Gasteiger charge is 2.50. The molecule has 1 aromatic rings. The van der Waals surface area contributed by atoms with E-state index in [0.717, 1.165) is 24.0 Å². The number of nitrogens with one attached hydrogen (secondary N) is 1. The molecule has 0 saturated heterocycles. The van der Waals surface area contributed by atoms with Gasteiger partial charge in [0.1, 0.15) is 0 Å². The molecule has 0 atom stereocenters. The Kier molecular flexibility index (Phi) is 4.84. The van der Waals surface area contributed by atoms with Crippen molar-refractivity contribution in [2.24, 2.45) is 0 Å². The maximum absolute atomic E-state index is 12.3. The minimum absolute atomic E-state index is 0.0822. The zero-order chi connectivity index (χ0) is 14.6. The van der Waals surface area contributed by atoms with Crippen LogP contribution < -0.4 is 5.32 Å². The van der Waals surface area contributed by atoms with Gasteiger partial charge in [0.05, 0.1) is 18.6 Å². The van der Waals surface area contributed by atoms with E-state index in [0.29, 0.717) is 24.8 Å². The standard InChI is InChI=1S/C16H20ClNO2/c1-12(2)11-20-10-9-18-15(19)16(7-8-16)13-3-5-14(17)6-4-13/h3-6H,1,7-11H2,2H3,(H,18,19). The van der Waals surface area contributed by atoms with Crippen LogP contribution in [-0.4, -0.2) is 25.7 Å². The zero-order valence-corrected chi connectivity index (χ0v) is 12.5. The van der Waals surface area contributed by atoms with Crippen molar-refractivity contribution >= 4 is 17.5 Å². The molecule has 1 amide bonds. The smallest absolute Gasteiger partial charge is 0.230 e. The molecule has 0 unspecified atom stereocenters. The first-order chi connectivity index (χ1) is 9.54. The molecule has 0 heterocycles. The second kappa shape index (κ2) is 6.42. The molecule has 1 aliphatic rings. The van der Waals surface area contributed by atoms with Gasteiger partial charge in [-0.3, -0.25) is 4.79 Å². The molecule has 1 aromatic carbocycles. The Hall–Kier alpha value is -1.32. The van der Waals surface area contributed by atoms with Crippen LogP contribution in [-0.2, 0) is 14.9 Å². The number of ether oxygens (including phenoxy) is 1. The largest absolute Gasteiger partial charge is 0.375 e. The van der Waals surface area contributed by atoms with Crippen molar-refractivity contribution in [2.45, 2.75) is 25.2 Å². The number of benzene rings is 1. The highest BCUT2D eigenvalue weighted by Crippen LogP contribution is 2.48. The average Bonchev–Trinajstić information content (AvgIpc) is 3.20. The van der Waals surface area contributed by atoms with Crippen LogP contribution in [0.15, 0.2) is 36.4 Å². The second-order valence-electron chi connectivity index (χ2n) is 5.35. The van der Waals surface area contributed by atoms with E-state index in [-0.39, 0.29) is 11.3 Å². The molecule has 0 spiro atoms. The van der Waals surface area contributed by atoms with E-state index in [2.05, 4.69) is 11.9 Å². The van der Waals surface area contributed by atoms with Crippen molar-refractivity contribution in [3.05, 3.63) is 47.0 Å². The summed E-state index contributed by atoms with van der Waals surface area (Å²) in [6.07, 6.45) is 1.79. The van der Waals surface area contributed by atoms with Crippen LogP contribution in [0.3, 0.4) is 0 Å². The Morgan fingerprint density at radius 1 is 1.40 bits per heavy atom. The first-order valence-corrected chi connectivity index (χ1v) is 7.19. The maximum atomic E-state index is 12.3. The molecule has 1 N–H and O–H groups in total. The Bertz CT molecular complexity index is 492. The molecule has 20 heavy (non-hydrogen) atoms.